The molecule has 1 saturated carbocycles. The van der Waals surface area contributed by atoms with Crippen LogP contribution in [-0.4, -0.2) is 24.9 Å². The van der Waals surface area contributed by atoms with E-state index in [0.717, 1.165) is 50.5 Å². The lowest BCUT2D eigenvalue weighted by atomic mass is 9.84. The van der Waals surface area contributed by atoms with Gasteiger partial charge in [0.1, 0.15) is 23.1 Å². The molecule has 1 fully saturated rings. The summed E-state index contributed by atoms with van der Waals surface area (Å²) in [5, 5.41) is 13.5. The van der Waals surface area contributed by atoms with E-state index in [4.69, 9.17) is 4.52 Å². The van der Waals surface area contributed by atoms with Crippen molar-refractivity contribution < 1.29 is 26.8 Å². The minimum Gasteiger partial charge on any atom is -0.388 e. The number of nitrogens with zero attached hydrogens (tertiary/aromatic N) is 1. The largest absolute Gasteiger partial charge is 0.388 e. The molecular weight excluding hydrogens is 352 g/mol. The van der Waals surface area contributed by atoms with Crippen molar-refractivity contribution in [2.45, 2.75) is 49.5 Å². The van der Waals surface area contributed by atoms with E-state index in [1.807, 2.05) is 0 Å². The van der Waals surface area contributed by atoms with Gasteiger partial charge < -0.3 is 9.63 Å². The van der Waals surface area contributed by atoms with Crippen LogP contribution >= 0.6 is 0 Å². The molecular formula is C17H19F2NO4S. The Morgan fingerprint density at radius 2 is 1.80 bits per heavy atom. The highest BCUT2D eigenvalue weighted by molar-refractivity contribution is 7.90. The molecule has 0 aliphatic heterocycles. The minimum absolute atomic E-state index is 0.0912. The third-order valence-electron chi connectivity index (χ3n) is 4.58. The summed E-state index contributed by atoms with van der Waals surface area (Å²) < 4.78 is 56.8. The van der Waals surface area contributed by atoms with Gasteiger partial charge >= 0.3 is 0 Å². The molecule has 1 aliphatic carbocycles. The monoisotopic (exact) mass is 371 g/mol. The number of hydrogen-bond donors (Lipinski definition) is 1. The van der Waals surface area contributed by atoms with Gasteiger partial charge in [-0.2, -0.15) is 0 Å². The molecule has 0 saturated heterocycles. The lowest BCUT2D eigenvalue weighted by molar-refractivity contribution is 0.228. The van der Waals surface area contributed by atoms with Crippen LogP contribution in [0.1, 0.15) is 49.5 Å². The Bertz CT molecular complexity index is 863. The molecule has 0 bridgehead atoms. The molecule has 1 aromatic heterocycles. The van der Waals surface area contributed by atoms with E-state index in [2.05, 4.69) is 5.16 Å². The number of aromatic nitrogens is 1. The normalized spacial score (nSPS) is 16.3. The molecule has 0 unspecified atom stereocenters. The zero-order chi connectivity index (χ0) is 18.2. The average Bonchev–Trinajstić information content (AvgIpc) is 2.97. The van der Waals surface area contributed by atoms with Crippen molar-refractivity contribution in [3.63, 3.8) is 0 Å². The Kier molecular flexibility index (Phi) is 4.92. The van der Waals surface area contributed by atoms with Crippen molar-refractivity contribution in [1.29, 1.82) is 0 Å². The predicted octanol–water partition coefficient (Wildman–Crippen LogP) is 3.56. The van der Waals surface area contributed by atoms with Crippen LogP contribution in [0.15, 0.2) is 21.6 Å². The molecule has 2 aromatic rings. The summed E-state index contributed by atoms with van der Waals surface area (Å²) in [7, 11) is -4.03. The molecule has 25 heavy (non-hydrogen) atoms. The van der Waals surface area contributed by atoms with Crippen molar-refractivity contribution in [1.82, 2.24) is 5.16 Å². The zero-order valence-corrected chi connectivity index (χ0v) is 14.6. The molecule has 8 heteroatoms. The summed E-state index contributed by atoms with van der Waals surface area (Å²) in [5.41, 5.74) is 1.04. The van der Waals surface area contributed by atoms with Crippen LogP contribution in [0.25, 0.3) is 11.1 Å². The number of benzene rings is 1. The van der Waals surface area contributed by atoms with Gasteiger partial charge in [0.2, 0.25) is 0 Å². The van der Waals surface area contributed by atoms with Gasteiger partial charge in [0.15, 0.2) is 15.6 Å². The quantitative estimate of drug-likeness (QED) is 0.889. The molecule has 0 spiro atoms. The average molecular weight is 371 g/mol. The summed E-state index contributed by atoms with van der Waals surface area (Å²) in [6, 6.07) is 1.91. The highest BCUT2D eigenvalue weighted by Gasteiger charge is 2.28. The van der Waals surface area contributed by atoms with Crippen molar-refractivity contribution in [3.8, 4) is 11.1 Å². The SMILES string of the molecule is CS(=O)(=O)c1c(F)cc(-c2c(C3CCCCC3)noc2CO)cc1F. The third-order valence-corrected chi connectivity index (χ3v) is 5.71. The Morgan fingerprint density at radius 1 is 1.20 bits per heavy atom. The van der Waals surface area contributed by atoms with E-state index in [0.29, 0.717) is 11.3 Å². The van der Waals surface area contributed by atoms with Gasteiger partial charge in [0, 0.05) is 12.2 Å². The second-order valence-electron chi connectivity index (χ2n) is 6.40. The summed E-state index contributed by atoms with van der Waals surface area (Å²) in [6.45, 7) is -0.466. The first kappa shape index (κ1) is 18.0. The van der Waals surface area contributed by atoms with Crippen LogP contribution in [-0.2, 0) is 16.4 Å². The van der Waals surface area contributed by atoms with Crippen molar-refractivity contribution in [3.05, 3.63) is 35.2 Å². The number of hydrogen-bond acceptors (Lipinski definition) is 5. The first-order chi connectivity index (χ1) is 11.8. The van der Waals surface area contributed by atoms with Crippen molar-refractivity contribution in [2.75, 3.05) is 6.26 Å². The molecule has 1 aromatic carbocycles. The molecule has 1 N–H and O–H groups in total. The Balaban J connectivity index is 2.14. The molecule has 0 radical (unpaired) electrons. The van der Waals surface area contributed by atoms with E-state index >= 15 is 0 Å². The predicted molar refractivity (Wildman–Crippen MR) is 86.7 cm³/mol. The maximum Gasteiger partial charge on any atom is 0.181 e. The van der Waals surface area contributed by atoms with Crippen LogP contribution in [0.4, 0.5) is 8.78 Å². The van der Waals surface area contributed by atoms with E-state index in [1.54, 1.807) is 0 Å². The minimum atomic E-state index is -4.03. The van der Waals surface area contributed by atoms with Crippen LogP contribution in [0.2, 0.25) is 0 Å². The maximum absolute atomic E-state index is 14.3. The van der Waals surface area contributed by atoms with Crippen LogP contribution in [0.5, 0.6) is 0 Å². The van der Waals surface area contributed by atoms with Gasteiger partial charge in [0.25, 0.3) is 0 Å². The van der Waals surface area contributed by atoms with Gasteiger partial charge in [-0.25, -0.2) is 17.2 Å². The molecule has 3 rings (SSSR count). The zero-order valence-electron chi connectivity index (χ0n) is 13.8. The molecule has 1 aliphatic rings. The number of halogens is 2. The van der Waals surface area contributed by atoms with Crippen molar-refractivity contribution in [2.24, 2.45) is 0 Å². The maximum atomic E-state index is 14.3. The fourth-order valence-corrected chi connectivity index (χ4v) is 4.29. The van der Waals surface area contributed by atoms with Gasteiger partial charge in [-0.3, -0.25) is 0 Å². The standard InChI is InChI=1S/C17H19F2NO4S/c1-25(22,23)17-12(18)7-11(8-13(17)19)15-14(9-21)24-20-16(15)10-5-3-2-4-6-10/h7-8,10,21H,2-6,9H2,1H3. The Hall–Kier alpha value is -1.80. The van der Waals surface area contributed by atoms with E-state index in [1.165, 1.54) is 0 Å². The topological polar surface area (TPSA) is 80.4 Å². The molecule has 136 valence electrons. The molecule has 0 amide bonds. The number of sulfone groups is 1. The number of aliphatic hydroxyl groups is 1. The van der Waals surface area contributed by atoms with Gasteiger partial charge in [-0.1, -0.05) is 24.4 Å². The number of aliphatic hydroxyl groups excluding tert-OH is 1. The first-order valence-corrected chi connectivity index (χ1v) is 10.0. The summed E-state index contributed by atoms with van der Waals surface area (Å²) in [6.07, 6.45) is 5.71. The Morgan fingerprint density at radius 3 is 2.32 bits per heavy atom. The number of rotatable bonds is 4. The van der Waals surface area contributed by atoms with Gasteiger partial charge in [-0.05, 0) is 30.5 Å². The van der Waals surface area contributed by atoms with E-state index < -0.39 is 33.0 Å². The Labute approximate surface area is 144 Å². The molecule has 1 heterocycles. The molecule has 5 nitrogen and oxygen atoms in total. The van der Waals surface area contributed by atoms with Crippen LogP contribution < -0.4 is 0 Å². The van der Waals surface area contributed by atoms with Gasteiger partial charge in [-0.15, -0.1) is 0 Å². The lowest BCUT2D eigenvalue weighted by Gasteiger charge is -2.20. The highest BCUT2D eigenvalue weighted by atomic mass is 32.2. The fourth-order valence-electron chi connectivity index (χ4n) is 3.47. The lowest BCUT2D eigenvalue weighted by Crippen LogP contribution is -2.08. The third kappa shape index (κ3) is 3.46. The van der Waals surface area contributed by atoms with Crippen LogP contribution in [0, 0.1) is 11.6 Å². The summed E-state index contributed by atoms with van der Waals surface area (Å²) >= 11 is 0. The highest BCUT2D eigenvalue weighted by Crippen LogP contribution is 2.40. The smallest absolute Gasteiger partial charge is 0.181 e. The van der Waals surface area contributed by atoms with Crippen LogP contribution in [0.3, 0.4) is 0 Å². The second kappa shape index (κ2) is 6.84. The second-order valence-corrected chi connectivity index (χ2v) is 8.35. The van der Waals surface area contributed by atoms with E-state index in [9.17, 15) is 22.3 Å². The summed E-state index contributed by atoms with van der Waals surface area (Å²) in [4.78, 5) is -0.961. The molecule has 0 atom stereocenters. The van der Waals surface area contributed by atoms with Gasteiger partial charge in [0.05, 0.1) is 11.3 Å². The van der Waals surface area contributed by atoms with Crippen molar-refractivity contribution >= 4 is 9.84 Å². The first-order valence-electron chi connectivity index (χ1n) is 8.11. The summed E-state index contributed by atoms with van der Waals surface area (Å²) in [5.74, 6) is -2.13. The van der Waals surface area contributed by atoms with E-state index in [-0.39, 0.29) is 17.2 Å². The fraction of sp³-hybridized carbons (Fsp3) is 0.471.